The number of aromatic nitrogens is 1. The van der Waals surface area contributed by atoms with Crippen LogP contribution in [0.3, 0.4) is 0 Å². The number of aryl methyl sites for hydroxylation is 1. The Morgan fingerprint density at radius 2 is 2.17 bits per heavy atom. The van der Waals surface area contributed by atoms with Gasteiger partial charge in [0.1, 0.15) is 11.5 Å². The maximum atomic E-state index is 10.8. The first-order chi connectivity index (χ1) is 8.58. The molecule has 0 amide bonds. The first kappa shape index (κ1) is 12.5. The number of nitro groups is 1. The second kappa shape index (κ2) is 5.14. The van der Waals surface area contributed by atoms with Crippen molar-refractivity contribution in [3.05, 3.63) is 56.8 Å². The third-order valence-corrected chi connectivity index (χ3v) is 2.94. The molecule has 0 saturated carbocycles. The Balaban J connectivity index is 2.33. The van der Waals surface area contributed by atoms with Gasteiger partial charge in [-0.1, -0.05) is 0 Å². The molecule has 0 unspecified atom stereocenters. The molecule has 0 spiro atoms. The molecule has 0 atom stereocenters. The number of halogens is 1. The van der Waals surface area contributed by atoms with Gasteiger partial charge in [-0.2, -0.15) is 0 Å². The molecule has 0 radical (unpaired) electrons. The largest absolute Gasteiger partial charge is 0.456 e. The van der Waals surface area contributed by atoms with Crippen LogP contribution in [0.5, 0.6) is 11.5 Å². The Kier molecular flexibility index (Phi) is 3.57. The molecule has 0 aliphatic carbocycles. The molecule has 0 bridgehead atoms. The van der Waals surface area contributed by atoms with E-state index in [1.54, 1.807) is 37.5 Å². The van der Waals surface area contributed by atoms with E-state index >= 15 is 0 Å². The lowest BCUT2D eigenvalue weighted by molar-refractivity contribution is -0.385. The maximum absolute atomic E-state index is 10.8. The third-order valence-electron chi connectivity index (χ3n) is 2.34. The van der Waals surface area contributed by atoms with Crippen LogP contribution in [-0.2, 0) is 0 Å². The second-order valence-electron chi connectivity index (χ2n) is 3.61. The Labute approximate surface area is 112 Å². The number of rotatable bonds is 3. The van der Waals surface area contributed by atoms with E-state index in [0.29, 0.717) is 21.5 Å². The first-order valence-corrected chi connectivity index (χ1v) is 5.89. The van der Waals surface area contributed by atoms with Crippen LogP contribution in [0.4, 0.5) is 5.69 Å². The summed E-state index contributed by atoms with van der Waals surface area (Å²) < 4.78 is 6.25. The Bertz CT molecular complexity index is 602. The summed E-state index contributed by atoms with van der Waals surface area (Å²) in [5, 5.41) is 10.8. The van der Waals surface area contributed by atoms with Gasteiger partial charge in [0, 0.05) is 24.0 Å². The Morgan fingerprint density at radius 1 is 1.39 bits per heavy atom. The third kappa shape index (κ3) is 2.65. The summed E-state index contributed by atoms with van der Waals surface area (Å²) >= 11 is 3.29. The summed E-state index contributed by atoms with van der Waals surface area (Å²) in [5.74, 6) is 0.974. The lowest BCUT2D eigenvalue weighted by atomic mass is 10.2. The molecule has 0 N–H and O–H groups in total. The summed E-state index contributed by atoms with van der Waals surface area (Å²) in [6, 6.07) is 6.43. The highest BCUT2D eigenvalue weighted by Gasteiger charge is 2.12. The number of hydrogen-bond donors (Lipinski definition) is 0. The van der Waals surface area contributed by atoms with Crippen LogP contribution in [-0.4, -0.2) is 9.91 Å². The number of hydrogen-bond acceptors (Lipinski definition) is 4. The van der Waals surface area contributed by atoms with Crippen LogP contribution in [0.2, 0.25) is 0 Å². The van der Waals surface area contributed by atoms with Gasteiger partial charge in [0.15, 0.2) is 0 Å². The van der Waals surface area contributed by atoms with Crippen LogP contribution in [0.15, 0.2) is 41.1 Å². The van der Waals surface area contributed by atoms with E-state index in [0.717, 1.165) is 0 Å². The average molecular weight is 309 g/mol. The van der Waals surface area contributed by atoms with Crippen LogP contribution >= 0.6 is 15.9 Å². The second-order valence-corrected chi connectivity index (χ2v) is 4.47. The van der Waals surface area contributed by atoms with Crippen LogP contribution < -0.4 is 4.74 Å². The number of nitro benzene ring substituents is 1. The standard InChI is InChI=1S/C12H9BrN2O3/c1-8-2-3-9(6-11(8)15(16)17)18-12-4-5-14-7-10(12)13/h2-7H,1H3. The van der Waals surface area contributed by atoms with Crippen molar-refractivity contribution in [3.8, 4) is 11.5 Å². The normalized spacial score (nSPS) is 10.1. The van der Waals surface area contributed by atoms with Crippen molar-refractivity contribution in [1.82, 2.24) is 4.98 Å². The van der Waals surface area contributed by atoms with Crippen LogP contribution in [0.25, 0.3) is 0 Å². The van der Waals surface area contributed by atoms with Gasteiger partial charge in [-0.05, 0) is 35.0 Å². The molecule has 0 aliphatic rings. The molecule has 0 aliphatic heterocycles. The predicted octanol–water partition coefficient (Wildman–Crippen LogP) is 3.85. The molecule has 5 nitrogen and oxygen atoms in total. The molecule has 1 heterocycles. The minimum atomic E-state index is -0.427. The molecule has 2 rings (SSSR count). The molecule has 1 aromatic carbocycles. The zero-order chi connectivity index (χ0) is 13.1. The zero-order valence-corrected chi connectivity index (χ0v) is 11.0. The topological polar surface area (TPSA) is 65.3 Å². The minimum Gasteiger partial charge on any atom is -0.456 e. The van der Waals surface area contributed by atoms with E-state index < -0.39 is 4.92 Å². The van der Waals surface area contributed by atoms with Crippen molar-refractivity contribution in [2.75, 3.05) is 0 Å². The van der Waals surface area contributed by atoms with Crippen molar-refractivity contribution < 1.29 is 9.66 Å². The molecule has 0 fully saturated rings. The van der Waals surface area contributed by atoms with Gasteiger partial charge < -0.3 is 4.74 Å². The Morgan fingerprint density at radius 3 is 2.83 bits per heavy atom. The van der Waals surface area contributed by atoms with Crippen molar-refractivity contribution in [1.29, 1.82) is 0 Å². The molecule has 6 heteroatoms. The van der Waals surface area contributed by atoms with E-state index in [2.05, 4.69) is 20.9 Å². The van der Waals surface area contributed by atoms with Crippen molar-refractivity contribution in [2.45, 2.75) is 6.92 Å². The van der Waals surface area contributed by atoms with Gasteiger partial charge >= 0.3 is 0 Å². The fourth-order valence-corrected chi connectivity index (χ4v) is 1.75. The fourth-order valence-electron chi connectivity index (χ4n) is 1.42. The molecule has 92 valence electrons. The summed E-state index contributed by atoms with van der Waals surface area (Å²) in [4.78, 5) is 14.3. The first-order valence-electron chi connectivity index (χ1n) is 5.10. The minimum absolute atomic E-state index is 0.0395. The quantitative estimate of drug-likeness (QED) is 0.638. The van der Waals surface area contributed by atoms with E-state index in [4.69, 9.17) is 4.74 Å². The van der Waals surface area contributed by atoms with E-state index in [1.165, 1.54) is 6.07 Å². The number of pyridine rings is 1. The molecular weight excluding hydrogens is 300 g/mol. The van der Waals surface area contributed by atoms with E-state index in [9.17, 15) is 10.1 Å². The molecule has 2 aromatic rings. The van der Waals surface area contributed by atoms with Gasteiger partial charge in [-0.3, -0.25) is 15.1 Å². The van der Waals surface area contributed by atoms with Gasteiger partial charge in [0.2, 0.25) is 0 Å². The van der Waals surface area contributed by atoms with Crippen LogP contribution in [0, 0.1) is 17.0 Å². The fraction of sp³-hybridized carbons (Fsp3) is 0.0833. The molecule has 0 saturated heterocycles. The van der Waals surface area contributed by atoms with Crippen molar-refractivity contribution in [3.63, 3.8) is 0 Å². The molecular formula is C12H9BrN2O3. The number of benzene rings is 1. The molecule has 1 aromatic heterocycles. The summed E-state index contributed by atoms with van der Waals surface area (Å²) in [6.07, 6.45) is 3.18. The van der Waals surface area contributed by atoms with Gasteiger partial charge in [0.25, 0.3) is 5.69 Å². The number of ether oxygens (including phenoxy) is 1. The van der Waals surface area contributed by atoms with E-state index in [-0.39, 0.29) is 5.69 Å². The monoisotopic (exact) mass is 308 g/mol. The highest BCUT2D eigenvalue weighted by molar-refractivity contribution is 9.10. The average Bonchev–Trinajstić information content (AvgIpc) is 2.34. The van der Waals surface area contributed by atoms with E-state index in [1.807, 2.05) is 0 Å². The van der Waals surface area contributed by atoms with Crippen molar-refractivity contribution >= 4 is 21.6 Å². The van der Waals surface area contributed by atoms with Gasteiger partial charge in [-0.25, -0.2) is 0 Å². The molecule has 18 heavy (non-hydrogen) atoms. The van der Waals surface area contributed by atoms with Gasteiger partial charge in [-0.15, -0.1) is 0 Å². The smallest absolute Gasteiger partial charge is 0.276 e. The zero-order valence-electron chi connectivity index (χ0n) is 9.46. The maximum Gasteiger partial charge on any atom is 0.276 e. The Hall–Kier alpha value is -1.95. The number of nitrogens with zero attached hydrogens (tertiary/aromatic N) is 2. The highest BCUT2D eigenvalue weighted by Crippen LogP contribution is 2.31. The summed E-state index contributed by atoms with van der Waals surface area (Å²) in [7, 11) is 0. The lowest BCUT2D eigenvalue weighted by Gasteiger charge is -2.07. The summed E-state index contributed by atoms with van der Waals surface area (Å²) in [5.41, 5.74) is 0.638. The van der Waals surface area contributed by atoms with Crippen molar-refractivity contribution in [2.24, 2.45) is 0 Å². The lowest BCUT2D eigenvalue weighted by Crippen LogP contribution is -1.93. The van der Waals surface area contributed by atoms with Gasteiger partial charge in [0.05, 0.1) is 15.5 Å². The van der Waals surface area contributed by atoms with Crippen LogP contribution in [0.1, 0.15) is 5.56 Å². The predicted molar refractivity (Wildman–Crippen MR) is 69.8 cm³/mol. The summed E-state index contributed by atoms with van der Waals surface area (Å²) in [6.45, 7) is 1.68. The highest BCUT2D eigenvalue weighted by atomic mass is 79.9. The SMILES string of the molecule is Cc1ccc(Oc2ccncc2Br)cc1[N+](=O)[O-].